The number of hydrogen-bond donors (Lipinski definition) is 1. The van der Waals surface area contributed by atoms with Gasteiger partial charge in [0.15, 0.2) is 6.10 Å². The van der Waals surface area contributed by atoms with E-state index < -0.39 is 23.6 Å². The molecular weight excluding hydrogens is 457 g/mol. The Bertz CT molecular complexity index is 1240. The van der Waals surface area contributed by atoms with Gasteiger partial charge in [0.25, 0.3) is 5.91 Å². The molecule has 1 N–H and O–H groups in total. The smallest absolute Gasteiger partial charge is 0.339 e. The van der Waals surface area contributed by atoms with Crippen LogP contribution in [0.25, 0.3) is 11.0 Å². The first-order valence-electron chi connectivity index (χ1n) is 9.76. The summed E-state index contributed by atoms with van der Waals surface area (Å²) in [4.78, 5) is 37.0. The van der Waals surface area contributed by atoms with Gasteiger partial charge in [0.1, 0.15) is 11.3 Å². The highest BCUT2D eigenvalue weighted by atomic mass is 35.5. The summed E-state index contributed by atoms with van der Waals surface area (Å²) in [6, 6.07) is 9.99. The van der Waals surface area contributed by atoms with Gasteiger partial charge >= 0.3 is 11.6 Å². The van der Waals surface area contributed by atoms with Crippen LogP contribution >= 0.6 is 23.2 Å². The molecule has 1 aromatic heterocycles. The fourth-order valence-electron chi connectivity index (χ4n) is 3.16. The highest BCUT2D eigenvalue weighted by Crippen LogP contribution is 2.29. The number of esters is 1. The van der Waals surface area contributed by atoms with Gasteiger partial charge < -0.3 is 19.2 Å². The Morgan fingerprint density at radius 3 is 2.66 bits per heavy atom. The van der Waals surface area contributed by atoms with Crippen LogP contribution in [-0.4, -0.2) is 25.1 Å². The normalized spacial score (nSPS) is 11.8. The van der Waals surface area contributed by atoms with E-state index in [1.807, 2.05) is 0 Å². The van der Waals surface area contributed by atoms with Crippen LogP contribution in [0.4, 0.5) is 5.69 Å². The van der Waals surface area contributed by atoms with Crippen molar-refractivity contribution >= 4 is 51.7 Å². The number of methoxy groups -OCH3 is 1. The van der Waals surface area contributed by atoms with Crippen molar-refractivity contribution in [2.75, 3.05) is 12.4 Å². The number of rotatable bonds is 7. The van der Waals surface area contributed by atoms with Gasteiger partial charge in [-0.05, 0) is 50.1 Å². The molecule has 1 unspecified atom stereocenters. The van der Waals surface area contributed by atoms with E-state index in [2.05, 4.69) is 5.32 Å². The van der Waals surface area contributed by atoms with Crippen molar-refractivity contribution in [3.05, 3.63) is 68.0 Å². The van der Waals surface area contributed by atoms with E-state index in [1.54, 1.807) is 43.3 Å². The van der Waals surface area contributed by atoms with Crippen molar-refractivity contribution in [1.82, 2.24) is 0 Å². The third-order valence-electron chi connectivity index (χ3n) is 4.96. The van der Waals surface area contributed by atoms with E-state index in [4.69, 9.17) is 37.1 Å². The van der Waals surface area contributed by atoms with E-state index in [-0.39, 0.29) is 22.9 Å². The van der Waals surface area contributed by atoms with Crippen molar-refractivity contribution in [3.8, 4) is 5.75 Å². The number of carbonyl (C=O) groups excluding carboxylic acids is 2. The van der Waals surface area contributed by atoms with Gasteiger partial charge in [-0.2, -0.15) is 0 Å². The maximum atomic E-state index is 12.4. The zero-order valence-electron chi connectivity index (χ0n) is 17.7. The molecule has 168 valence electrons. The summed E-state index contributed by atoms with van der Waals surface area (Å²) < 4.78 is 15.7. The molecule has 7 nitrogen and oxygen atoms in total. The number of nitrogens with one attached hydrogen (secondary N) is 1. The van der Waals surface area contributed by atoms with E-state index in [0.717, 1.165) is 5.39 Å². The van der Waals surface area contributed by atoms with Crippen LogP contribution in [0.3, 0.4) is 0 Å². The first-order valence-corrected chi connectivity index (χ1v) is 10.5. The summed E-state index contributed by atoms with van der Waals surface area (Å²) in [5.74, 6) is -0.612. The Morgan fingerprint density at radius 2 is 1.94 bits per heavy atom. The zero-order valence-corrected chi connectivity index (χ0v) is 19.2. The number of halogens is 2. The van der Waals surface area contributed by atoms with Crippen molar-refractivity contribution in [2.24, 2.45) is 0 Å². The third-order valence-corrected chi connectivity index (χ3v) is 5.78. The molecular formula is C23H21Cl2NO6. The highest BCUT2D eigenvalue weighted by molar-refractivity contribution is 6.44. The molecule has 0 radical (unpaired) electrons. The molecule has 0 spiro atoms. The summed E-state index contributed by atoms with van der Waals surface area (Å²) in [6.45, 7) is 3.23. The van der Waals surface area contributed by atoms with E-state index in [1.165, 1.54) is 14.0 Å². The summed E-state index contributed by atoms with van der Waals surface area (Å²) in [5.41, 5.74) is 1.28. The summed E-state index contributed by atoms with van der Waals surface area (Å²) in [6.07, 6.45) is -1.05. The number of ether oxygens (including phenoxy) is 2. The molecule has 0 aliphatic rings. The first-order chi connectivity index (χ1) is 15.2. The largest absolute Gasteiger partial charge is 0.497 e. The third kappa shape index (κ3) is 5.23. The second-order valence-corrected chi connectivity index (χ2v) is 7.86. The lowest BCUT2D eigenvalue weighted by atomic mass is 10.0. The van der Waals surface area contributed by atoms with Crippen molar-refractivity contribution in [2.45, 2.75) is 32.8 Å². The fraction of sp³-hybridized carbons (Fsp3) is 0.261. The average molecular weight is 478 g/mol. The number of carbonyl (C=O) groups is 2. The number of fused-ring (bicyclic) bond motifs is 1. The monoisotopic (exact) mass is 477 g/mol. The molecule has 9 heteroatoms. The van der Waals surface area contributed by atoms with E-state index in [9.17, 15) is 14.4 Å². The van der Waals surface area contributed by atoms with Gasteiger partial charge in [-0.25, -0.2) is 4.79 Å². The van der Waals surface area contributed by atoms with Crippen LogP contribution in [0.2, 0.25) is 10.0 Å². The van der Waals surface area contributed by atoms with Crippen LogP contribution in [-0.2, 0) is 20.7 Å². The lowest BCUT2D eigenvalue weighted by Crippen LogP contribution is -2.30. The highest BCUT2D eigenvalue weighted by Gasteiger charge is 2.20. The molecule has 0 saturated heterocycles. The Labute approximate surface area is 194 Å². The predicted octanol–water partition coefficient (Wildman–Crippen LogP) is 4.92. The zero-order chi connectivity index (χ0) is 23.4. The van der Waals surface area contributed by atoms with Gasteiger partial charge in [-0.3, -0.25) is 9.59 Å². The molecule has 1 amide bonds. The first kappa shape index (κ1) is 23.6. The van der Waals surface area contributed by atoms with E-state index >= 15 is 0 Å². The molecule has 0 bridgehead atoms. The molecule has 32 heavy (non-hydrogen) atoms. The average Bonchev–Trinajstić information content (AvgIpc) is 2.76. The molecule has 1 heterocycles. The number of anilines is 1. The van der Waals surface area contributed by atoms with E-state index in [0.29, 0.717) is 28.1 Å². The minimum atomic E-state index is -1.07. The Kier molecular flexibility index (Phi) is 7.43. The van der Waals surface area contributed by atoms with Crippen molar-refractivity contribution in [1.29, 1.82) is 0 Å². The molecule has 0 saturated carbocycles. The Morgan fingerprint density at radius 1 is 1.19 bits per heavy atom. The molecule has 0 aliphatic heterocycles. The molecule has 0 aliphatic carbocycles. The molecule has 1 atom stereocenters. The number of aryl methyl sites for hydroxylation is 1. The lowest BCUT2D eigenvalue weighted by molar-refractivity contribution is -0.153. The number of benzene rings is 2. The maximum absolute atomic E-state index is 12.4. The topological polar surface area (TPSA) is 94.8 Å². The number of hydrogen-bond acceptors (Lipinski definition) is 6. The summed E-state index contributed by atoms with van der Waals surface area (Å²) >= 11 is 12.0. The van der Waals surface area contributed by atoms with Crippen LogP contribution in [0.1, 0.15) is 24.5 Å². The van der Waals surface area contributed by atoms with Gasteiger partial charge in [0.2, 0.25) is 0 Å². The maximum Gasteiger partial charge on any atom is 0.339 e. The van der Waals surface area contributed by atoms with Crippen LogP contribution < -0.4 is 15.7 Å². The van der Waals surface area contributed by atoms with Crippen LogP contribution in [0.5, 0.6) is 5.75 Å². The second kappa shape index (κ2) is 10.1. The van der Waals surface area contributed by atoms with Crippen molar-refractivity contribution < 1.29 is 23.5 Å². The predicted molar refractivity (Wildman–Crippen MR) is 123 cm³/mol. The summed E-state index contributed by atoms with van der Waals surface area (Å²) in [7, 11) is 1.52. The minimum absolute atomic E-state index is 0.0944. The van der Waals surface area contributed by atoms with Gasteiger partial charge in [-0.1, -0.05) is 29.3 Å². The van der Waals surface area contributed by atoms with Gasteiger partial charge in [0.05, 0.1) is 22.8 Å². The fourth-order valence-corrected chi connectivity index (χ4v) is 3.51. The standard InChI is InChI=1S/C23H21Cl2NO6/c1-12-15-8-7-14(30-3)11-19(15)32-23(29)16(12)9-10-20(27)31-13(2)22(28)26-18-6-4-5-17(24)21(18)25/h4-8,11,13H,9-10H2,1-3H3,(H,26,28). The lowest BCUT2D eigenvalue weighted by Gasteiger charge is -2.15. The minimum Gasteiger partial charge on any atom is -0.497 e. The quantitative estimate of drug-likeness (QED) is 0.383. The van der Waals surface area contributed by atoms with Crippen LogP contribution in [0, 0.1) is 6.92 Å². The molecule has 3 aromatic rings. The van der Waals surface area contributed by atoms with Crippen LogP contribution in [0.15, 0.2) is 45.6 Å². The molecule has 0 fully saturated rings. The van der Waals surface area contributed by atoms with Crippen molar-refractivity contribution in [3.63, 3.8) is 0 Å². The SMILES string of the molecule is COc1ccc2c(C)c(CCC(=O)OC(C)C(=O)Nc3cccc(Cl)c3Cl)c(=O)oc2c1. The van der Waals surface area contributed by atoms with Gasteiger partial charge in [-0.15, -0.1) is 0 Å². The van der Waals surface area contributed by atoms with Gasteiger partial charge in [0, 0.05) is 23.4 Å². The molecule has 2 aromatic carbocycles. The second-order valence-electron chi connectivity index (χ2n) is 7.08. The number of amides is 1. The Balaban J connectivity index is 1.64. The molecule has 3 rings (SSSR count). The Hall–Kier alpha value is -3.03. The summed E-state index contributed by atoms with van der Waals surface area (Å²) in [5, 5.41) is 3.80.